The lowest BCUT2D eigenvalue weighted by atomic mass is 9.87. The number of aromatic amines is 2. The molecule has 0 aliphatic heterocycles. The number of benzene rings is 2. The first-order chi connectivity index (χ1) is 24.6. The molecular weight excluding hydrogens is 670 g/mol. The highest BCUT2D eigenvalue weighted by Crippen LogP contribution is 2.36. The van der Waals surface area contributed by atoms with Crippen LogP contribution in [0.1, 0.15) is 95.5 Å². The maximum atomic E-state index is 5.26. The highest BCUT2D eigenvalue weighted by molar-refractivity contribution is 5.85. The van der Waals surface area contributed by atoms with Gasteiger partial charge in [-0.05, 0) is 96.9 Å². The molecule has 0 radical (unpaired) electrons. The summed E-state index contributed by atoms with van der Waals surface area (Å²) in [5, 5.41) is 34.1. The lowest BCUT2D eigenvalue weighted by Gasteiger charge is -2.24. The van der Waals surface area contributed by atoms with Crippen molar-refractivity contribution in [2.45, 2.75) is 94.2 Å². The quantitative estimate of drug-likeness (QED) is 0.105. The molecule has 0 amide bonds. The van der Waals surface area contributed by atoms with E-state index in [1.807, 2.05) is 0 Å². The SMILES string of the molecule is Cc1ccc(-c2c(Cc3nn[nH]n3)c(C)nc(CC(C)C)c2CNCc2c(CC(C)C)nc(C)c(Cc3nn[nH]n3)c2-c2ccc(C)cc2)cc1.Cl. The van der Waals surface area contributed by atoms with Crippen molar-refractivity contribution < 1.29 is 0 Å². The van der Waals surface area contributed by atoms with Gasteiger partial charge in [-0.1, -0.05) is 97.8 Å². The number of rotatable bonds is 14. The van der Waals surface area contributed by atoms with E-state index in [4.69, 9.17) is 9.97 Å². The highest BCUT2D eigenvalue weighted by atomic mass is 35.5. The minimum atomic E-state index is 0. The molecule has 0 atom stereocenters. The van der Waals surface area contributed by atoms with E-state index in [0.717, 1.165) is 57.9 Å². The average Bonchev–Trinajstić information content (AvgIpc) is 3.80. The van der Waals surface area contributed by atoms with Crippen LogP contribution in [0, 0.1) is 39.5 Å². The summed E-state index contributed by atoms with van der Waals surface area (Å²) in [6.07, 6.45) is 2.80. The van der Waals surface area contributed by atoms with Crippen LogP contribution in [-0.2, 0) is 38.8 Å². The lowest BCUT2D eigenvalue weighted by Crippen LogP contribution is -2.21. The molecule has 272 valence electrons. The van der Waals surface area contributed by atoms with Gasteiger partial charge < -0.3 is 5.32 Å². The van der Waals surface area contributed by atoms with Crippen molar-refractivity contribution in [1.29, 1.82) is 0 Å². The fourth-order valence-electron chi connectivity index (χ4n) is 6.89. The van der Waals surface area contributed by atoms with E-state index >= 15 is 0 Å². The predicted octanol–water partition coefficient (Wildman–Crippen LogP) is 7.36. The van der Waals surface area contributed by atoms with Gasteiger partial charge in [0.05, 0.1) is 0 Å². The molecule has 0 aliphatic carbocycles. The molecule has 0 fully saturated rings. The molecular formula is C40H50ClN11. The van der Waals surface area contributed by atoms with Crippen LogP contribution in [0.25, 0.3) is 22.3 Å². The standard InChI is InChI=1S/C40H49N11.ClH/c1-23(2)17-35-33(39(29-13-9-25(5)10-14-29)31(27(7)42-35)19-37-44-48-49-45-37)21-41-22-34-36(18-24(3)4)43-28(8)32(20-38-46-50-51-47-38)40(34)30-15-11-26(6)12-16-30;/h9-16,23-24,41H,17-22H2,1-8H3,(H,44,45,48,49)(H,46,47,50,51);1H. The Kier molecular flexibility index (Phi) is 12.6. The molecule has 0 saturated carbocycles. The molecule has 11 nitrogen and oxygen atoms in total. The maximum absolute atomic E-state index is 5.26. The zero-order valence-electron chi connectivity index (χ0n) is 31.5. The van der Waals surface area contributed by atoms with Crippen LogP contribution in [0.4, 0.5) is 0 Å². The zero-order valence-corrected chi connectivity index (χ0v) is 32.3. The van der Waals surface area contributed by atoms with Gasteiger partial charge in [-0.2, -0.15) is 10.4 Å². The summed E-state index contributed by atoms with van der Waals surface area (Å²) < 4.78 is 0. The normalized spacial score (nSPS) is 11.4. The van der Waals surface area contributed by atoms with Gasteiger partial charge in [-0.3, -0.25) is 9.97 Å². The topological polar surface area (TPSA) is 147 Å². The number of aryl methyl sites for hydroxylation is 4. The summed E-state index contributed by atoms with van der Waals surface area (Å²) in [6.45, 7) is 18.7. The predicted molar refractivity (Wildman–Crippen MR) is 207 cm³/mol. The summed E-state index contributed by atoms with van der Waals surface area (Å²) in [4.78, 5) is 10.5. The first kappa shape index (κ1) is 38.4. The monoisotopic (exact) mass is 719 g/mol. The average molecular weight is 720 g/mol. The van der Waals surface area contributed by atoms with E-state index in [1.54, 1.807) is 0 Å². The number of halogens is 1. The molecule has 0 spiro atoms. The van der Waals surface area contributed by atoms with Gasteiger partial charge in [-0.25, -0.2) is 0 Å². The Morgan fingerprint density at radius 2 is 0.942 bits per heavy atom. The second kappa shape index (κ2) is 17.1. The molecule has 0 saturated heterocycles. The third kappa shape index (κ3) is 8.94. The van der Waals surface area contributed by atoms with E-state index in [-0.39, 0.29) is 12.4 Å². The Balaban J connectivity index is 0.00000523. The molecule has 0 unspecified atom stereocenters. The van der Waals surface area contributed by atoms with Crippen molar-refractivity contribution in [1.82, 2.24) is 56.5 Å². The van der Waals surface area contributed by atoms with E-state index < -0.39 is 0 Å². The van der Waals surface area contributed by atoms with Crippen molar-refractivity contribution in [3.63, 3.8) is 0 Å². The third-order valence-corrected chi connectivity index (χ3v) is 9.32. The number of H-pyrrole nitrogens is 2. The molecule has 2 aromatic carbocycles. The number of nitrogens with one attached hydrogen (secondary N) is 3. The second-order valence-electron chi connectivity index (χ2n) is 14.5. The molecule has 3 N–H and O–H groups in total. The summed E-state index contributed by atoms with van der Waals surface area (Å²) in [7, 11) is 0. The van der Waals surface area contributed by atoms with Gasteiger partial charge in [0.1, 0.15) is 0 Å². The molecule has 0 bridgehead atoms. The number of hydrogen-bond donors (Lipinski definition) is 3. The number of tetrazole rings is 2. The van der Waals surface area contributed by atoms with E-state index in [2.05, 4.69) is 150 Å². The minimum absolute atomic E-state index is 0. The minimum Gasteiger partial charge on any atom is -0.308 e. The van der Waals surface area contributed by atoms with Gasteiger partial charge in [0.2, 0.25) is 0 Å². The molecule has 12 heteroatoms. The molecule has 4 aromatic heterocycles. The van der Waals surface area contributed by atoms with E-state index in [1.165, 1.54) is 33.4 Å². The Labute approximate surface area is 312 Å². The first-order valence-electron chi connectivity index (χ1n) is 17.9. The van der Waals surface area contributed by atoms with Gasteiger partial charge >= 0.3 is 0 Å². The van der Waals surface area contributed by atoms with Crippen LogP contribution in [0.3, 0.4) is 0 Å². The van der Waals surface area contributed by atoms with Crippen molar-refractivity contribution in [2.75, 3.05) is 0 Å². The first-order valence-corrected chi connectivity index (χ1v) is 17.9. The number of hydrogen-bond acceptors (Lipinski definition) is 9. The summed E-state index contributed by atoms with van der Waals surface area (Å²) >= 11 is 0. The molecule has 6 rings (SSSR count). The maximum Gasteiger partial charge on any atom is 0.179 e. The van der Waals surface area contributed by atoms with Crippen LogP contribution < -0.4 is 5.32 Å². The van der Waals surface area contributed by atoms with E-state index in [9.17, 15) is 0 Å². The molecule has 0 aliphatic rings. The van der Waals surface area contributed by atoms with Crippen LogP contribution in [-0.4, -0.2) is 51.2 Å². The number of aromatic nitrogens is 10. The van der Waals surface area contributed by atoms with Gasteiger partial charge in [0.15, 0.2) is 11.6 Å². The van der Waals surface area contributed by atoms with Gasteiger partial charge in [-0.15, -0.1) is 32.8 Å². The highest BCUT2D eigenvalue weighted by Gasteiger charge is 2.24. The van der Waals surface area contributed by atoms with Crippen LogP contribution in [0.5, 0.6) is 0 Å². The molecule has 4 heterocycles. The number of pyridine rings is 2. The van der Waals surface area contributed by atoms with Crippen LogP contribution >= 0.6 is 12.4 Å². The molecule has 6 aromatic rings. The Hall–Kier alpha value is -4.87. The second-order valence-corrected chi connectivity index (χ2v) is 14.5. The van der Waals surface area contributed by atoms with Gasteiger partial charge in [0, 0.05) is 48.7 Å². The smallest absolute Gasteiger partial charge is 0.179 e. The van der Waals surface area contributed by atoms with Crippen molar-refractivity contribution in [3.05, 3.63) is 116 Å². The van der Waals surface area contributed by atoms with Gasteiger partial charge in [0.25, 0.3) is 0 Å². The summed E-state index contributed by atoms with van der Waals surface area (Å²) in [5.74, 6) is 2.16. The summed E-state index contributed by atoms with van der Waals surface area (Å²) in [5.41, 5.74) is 16.0. The number of nitrogens with zero attached hydrogens (tertiary/aromatic N) is 8. The van der Waals surface area contributed by atoms with Crippen molar-refractivity contribution >= 4 is 12.4 Å². The Morgan fingerprint density at radius 3 is 1.27 bits per heavy atom. The largest absolute Gasteiger partial charge is 0.308 e. The lowest BCUT2D eigenvalue weighted by molar-refractivity contribution is 0.605. The Morgan fingerprint density at radius 1 is 0.558 bits per heavy atom. The van der Waals surface area contributed by atoms with Crippen molar-refractivity contribution in [3.8, 4) is 22.3 Å². The van der Waals surface area contributed by atoms with Crippen LogP contribution in [0.15, 0.2) is 48.5 Å². The zero-order chi connectivity index (χ0) is 36.1. The van der Waals surface area contributed by atoms with Crippen LogP contribution in [0.2, 0.25) is 0 Å². The molecule has 52 heavy (non-hydrogen) atoms. The van der Waals surface area contributed by atoms with E-state index in [0.29, 0.717) is 49.4 Å². The fourth-order valence-corrected chi connectivity index (χ4v) is 6.89. The van der Waals surface area contributed by atoms with Crippen molar-refractivity contribution in [2.24, 2.45) is 11.8 Å². The Bertz CT molecular complexity index is 1900. The fraction of sp³-hybridized carbons (Fsp3) is 0.400. The summed E-state index contributed by atoms with van der Waals surface area (Å²) in [6, 6.07) is 17.6. The third-order valence-electron chi connectivity index (χ3n) is 9.32.